The molecule has 5 aromatic carbocycles. The van der Waals surface area contributed by atoms with Crippen LogP contribution in [0, 0.1) is 0 Å². The fourth-order valence-corrected chi connectivity index (χ4v) is 4.17. The van der Waals surface area contributed by atoms with Gasteiger partial charge < -0.3 is 0 Å². The van der Waals surface area contributed by atoms with Crippen molar-refractivity contribution >= 4 is 53.5 Å². The normalized spacial score (nSPS) is 12.7. The van der Waals surface area contributed by atoms with Crippen molar-refractivity contribution in [2.45, 2.75) is 6.61 Å². The maximum atomic E-state index is 11.0. The van der Waals surface area contributed by atoms with Gasteiger partial charge in [0.25, 0.3) is 0 Å². The Hall–Kier alpha value is -2.73. The van der Waals surface area contributed by atoms with E-state index in [0.29, 0.717) is 5.56 Å². The third-order valence-corrected chi connectivity index (χ3v) is 5.37. The minimum atomic E-state index is -4.48. The number of hydrogen-bond donors (Lipinski definition) is 1. The van der Waals surface area contributed by atoms with E-state index >= 15 is 0 Å². The first kappa shape index (κ1) is 15.5. The number of rotatable bonds is 3. The van der Waals surface area contributed by atoms with Crippen LogP contribution >= 0.6 is 0 Å². The molecule has 0 aliphatic carbocycles. The zero-order valence-electron chi connectivity index (χ0n) is 13.6. The Morgan fingerprint density at radius 1 is 0.731 bits per heavy atom. The van der Waals surface area contributed by atoms with Gasteiger partial charge in [-0.15, -0.1) is 0 Å². The van der Waals surface area contributed by atoms with Gasteiger partial charge in [-0.25, -0.2) is 4.18 Å². The molecule has 128 valence electrons. The summed E-state index contributed by atoms with van der Waals surface area (Å²) in [6.45, 7) is -0.205. The summed E-state index contributed by atoms with van der Waals surface area (Å²) in [6, 6.07) is 22.5. The summed E-state index contributed by atoms with van der Waals surface area (Å²) in [5, 5.41) is 9.02. The minimum Gasteiger partial charge on any atom is -0.264 e. The van der Waals surface area contributed by atoms with Crippen LogP contribution in [0.3, 0.4) is 0 Å². The second-order valence-electron chi connectivity index (χ2n) is 6.43. The number of hydrogen-bond acceptors (Lipinski definition) is 3. The van der Waals surface area contributed by atoms with Crippen molar-refractivity contribution in [1.29, 1.82) is 0 Å². The van der Waals surface area contributed by atoms with E-state index in [1.165, 1.54) is 21.5 Å². The van der Waals surface area contributed by atoms with Crippen molar-refractivity contribution in [3.05, 3.63) is 72.3 Å². The van der Waals surface area contributed by atoms with Crippen LogP contribution < -0.4 is 0 Å². The van der Waals surface area contributed by atoms with Crippen LogP contribution in [0.15, 0.2) is 66.7 Å². The van der Waals surface area contributed by atoms with E-state index in [-0.39, 0.29) is 6.61 Å². The summed E-state index contributed by atoms with van der Waals surface area (Å²) < 4.78 is 35.4. The van der Waals surface area contributed by atoms with E-state index in [0.717, 1.165) is 21.5 Å². The molecule has 5 aromatic rings. The lowest BCUT2D eigenvalue weighted by Crippen LogP contribution is -2.03. The molecule has 0 spiro atoms. The third-order valence-electron chi connectivity index (χ3n) is 4.96. The molecular formula is C21H14O4S. The second kappa shape index (κ2) is 5.38. The lowest BCUT2D eigenvalue weighted by atomic mass is 9.90. The van der Waals surface area contributed by atoms with Crippen LogP contribution in [0.2, 0.25) is 0 Å². The van der Waals surface area contributed by atoms with Crippen LogP contribution in [0.1, 0.15) is 5.56 Å². The third kappa shape index (κ3) is 2.33. The van der Waals surface area contributed by atoms with Crippen molar-refractivity contribution in [1.82, 2.24) is 0 Å². The quantitative estimate of drug-likeness (QED) is 0.277. The van der Waals surface area contributed by atoms with Gasteiger partial charge in [0.2, 0.25) is 0 Å². The van der Waals surface area contributed by atoms with Gasteiger partial charge in [-0.1, -0.05) is 60.7 Å². The Kier molecular flexibility index (Phi) is 3.21. The van der Waals surface area contributed by atoms with Crippen LogP contribution in [0.5, 0.6) is 0 Å². The van der Waals surface area contributed by atoms with E-state index in [9.17, 15) is 8.42 Å². The Bertz CT molecular complexity index is 1390. The van der Waals surface area contributed by atoms with E-state index in [1.54, 1.807) is 0 Å². The van der Waals surface area contributed by atoms with Crippen molar-refractivity contribution in [3.63, 3.8) is 0 Å². The van der Waals surface area contributed by atoms with E-state index < -0.39 is 10.4 Å². The molecular weight excluding hydrogens is 348 g/mol. The molecule has 0 aliphatic rings. The van der Waals surface area contributed by atoms with Crippen molar-refractivity contribution in [2.75, 3.05) is 0 Å². The zero-order valence-corrected chi connectivity index (χ0v) is 14.5. The first-order valence-electron chi connectivity index (χ1n) is 8.21. The van der Waals surface area contributed by atoms with Gasteiger partial charge in [-0.05, 0) is 54.7 Å². The predicted molar refractivity (Wildman–Crippen MR) is 104 cm³/mol. The molecule has 5 heteroatoms. The molecule has 0 bridgehead atoms. The summed E-state index contributed by atoms with van der Waals surface area (Å²) in [5.41, 5.74) is 0.714. The molecule has 1 N–H and O–H groups in total. The second-order valence-corrected chi connectivity index (χ2v) is 7.53. The standard InChI is InChI=1S/C21H14O4S/c22-26(23,24)25-12-16-5-2-6-17-18-10-9-14-4-1-3-13-7-8-15(11-19(16)17)21(18)20(13)14/h1-11H,12H2,(H,22,23,24). The van der Waals surface area contributed by atoms with Crippen LogP contribution in [0.25, 0.3) is 43.1 Å². The molecule has 0 aliphatic heterocycles. The van der Waals surface area contributed by atoms with Gasteiger partial charge in [0.15, 0.2) is 0 Å². The van der Waals surface area contributed by atoms with Gasteiger partial charge in [-0.2, -0.15) is 8.42 Å². The fraction of sp³-hybridized carbons (Fsp3) is 0.0476. The number of benzene rings is 5. The smallest absolute Gasteiger partial charge is 0.264 e. The fourth-order valence-electron chi connectivity index (χ4n) is 3.89. The van der Waals surface area contributed by atoms with Crippen molar-refractivity contribution < 1.29 is 17.2 Å². The Labute approximate surface area is 149 Å². The molecule has 5 rings (SSSR count). The lowest BCUT2D eigenvalue weighted by molar-refractivity contribution is 0.260. The molecule has 0 atom stereocenters. The molecule has 0 amide bonds. The molecule has 0 fully saturated rings. The molecule has 0 saturated heterocycles. The highest BCUT2D eigenvalue weighted by molar-refractivity contribution is 7.80. The lowest BCUT2D eigenvalue weighted by Gasteiger charge is -2.14. The van der Waals surface area contributed by atoms with Gasteiger partial charge in [0, 0.05) is 0 Å². The SMILES string of the molecule is O=S(=O)(O)OCc1cccc2c1cc1ccc3cccc4ccc2c1c34. The van der Waals surface area contributed by atoms with Gasteiger partial charge in [-0.3, -0.25) is 4.55 Å². The van der Waals surface area contributed by atoms with Gasteiger partial charge in [0.05, 0.1) is 6.61 Å². The summed E-state index contributed by atoms with van der Waals surface area (Å²) in [7, 11) is -4.48. The largest absolute Gasteiger partial charge is 0.397 e. The number of fused-ring (bicyclic) bond motifs is 2. The van der Waals surface area contributed by atoms with Gasteiger partial charge in [0.1, 0.15) is 0 Å². The first-order chi connectivity index (χ1) is 12.5. The van der Waals surface area contributed by atoms with Crippen molar-refractivity contribution in [3.8, 4) is 0 Å². The van der Waals surface area contributed by atoms with Crippen molar-refractivity contribution in [2.24, 2.45) is 0 Å². The van der Waals surface area contributed by atoms with E-state index in [2.05, 4.69) is 52.7 Å². The highest BCUT2D eigenvalue weighted by Gasteiger charge is 2.13. The van der Waals surface area contributed by atoms with Gasteiger partial charge >= 0.3 is 10.4 Å². The average Bonchev–Trinajstić information content (AvgIpc) is 2.63. The highest BCUT2D eigenvalue weighted by Crippen LogP contribution is 2.39. The Balaban J connectivity index is 1.88. The summed E-state index contributed by atoms with van der Waals surface area (Å²) in [4.78, 5) is 0. The highest BCUT2D eigenvalue weighted by atomic mass is 32.3. The van der Waals surface area contributed by atoms with Crippen LogP contribution in [0.4, 0.5) is 0 Å². The molecule has 0 heterocycles. The summed E-state index contributed by atoms with van der Waals surface area (Å²) in [6.07, 6.45) is 0. The molecule has 26 heavy (non-hydrogen) atoms. The average molecular weight is 362 g/mol. The maximum Gasteiger partial charge on any atom is 0.397 e. The molecule has 0 saturated carbocycles. The minimum absolute atomic E-state index is 0.205. The Morgan fingerprint density at radius 3 is 2.19 bits per heavy atom. The molecule has 0 radical (unpaired) electrons. The predicted octanol–water partition coefficient (Wildman–Crippen LogP) is 5.06. The first-order valence-corrected chi connectivity index (χ1v) is 9.58. The maximum absolute atomic E-state index is 11.0. The molecule has 4 nitrogen and oxygen atoms in total. The topological polar surface area (TPSA) is 63.6 Å². The van der Waals surface area contributed by atoms with Crippen LogP contribution in [-0.2, 0) is 21.2 Å². The zero-order chi connectivity index (χ0) is 17.9. The Morgan fingerprint density at radius 2 is 1.42 bits per heavy atom. The van der Waals surface area contributed by atoms with E-state index in [4.69, 9.17) is 4.55 Å². The molecule has 0 unspecified atom stereocenters. The molecule has 0 aromatic heterocycles. The summed E-state index contributed by atoms with van der Waals surface area (Å²) >= 11 is 0. The van der Waals surface area contributed by atoms with Crippen LogP contribution in [-0.4, -0.2) is 13.0 Å². The van der Waals surface area contributed by atoms with E-state index in [1.807, 2.05) is 18.2 Å². The monoisotopic (exact) mass is 362 g/mol. The summed E-state index contributed by atoms with van der Waals surface area (Å²) in [5.74, 6) is 0.